The molecule has 0 unspecified atom stereocenters. The second-order valence-electron chi connectivity index (χ2n) is 6.29. The molecule has 144 valence electrons. The SMILES string of the molecule is CCNC(=O)c1cn([C@H](C)CC)cc(C(=O)NCc2cccc(F)c2)c1=O. The molecule has 27 heavy (non-hydrogen) atoms. The van der Waals surface area contributed by atoms with Gasteiger partial charge in [-0.2, -0.15) is 0 Å². The van der Waals surface area contributed by atoms with Crippen molar-refractivity contribution in [3.63, 3.8) is 0 Å². The normalized spacial score (nSPS) is 11.7. The van der Waals surface area contributed by atoms with E-state index in [0.717, 1.165) is 6.42 Å². The molecule has 0 saturated carbocycles. The number of carbonyl (C=O) groups excluding carboxylic acids is 2. The molecule has 2 aromatic rings. The monoisotopic (exact) mass is 373 g/mol. The molecule has 0 aliphatic heterocycles. The van der Waals surface area contributed by atoms with E-state index >= 15 is 0 Å². The maximum Gasteiger partial charge on any atom is 0.257 e. The fourth-order valence-corrected chi connectivity index (χ4v) is 2.57. The molecule has 2 N–H and O–H groups in total. The van der Waals surface area contributed by atoms with Crippen molar-refractivity contribution in [1.29, 1.82) is 0 Å². The third kappa shape index (κ3) is 5.03. The molecule has 0 aliphatic carbocycles. The first kappa shape index (κ1) is 20.4. The molecule has 7 heteroatoms. The molecular weight excluding hydrogens is 349 g/mol. The molecule has 1 aromatic heterocycles. The van der Waals surface area contributed by atoms with Crippen LogP contribution in [0.25, 0.3) is 0 Å². The van der Waals surface area contributed by atoms with Crippen LogP contribution in [-0.2, 0) is 6.54 Å². The van der Waals surface area contributed by atoms with Crippen molar-refractivity contribution in [2.75, 3.05) is 6.54 Å². The first-order valence-electron chi connectivity index (χ1n) is 8.94. The lowest BCUT2D eigenvalue weighted by molar-refractivity contribution is 0.0948. The van der Waals surface area contributed by atoms with Crippen LogP contribution in [0.3, 0.4) is 0 Å². The van der Waals surface area contributed by atoms with Crippen LogP contribution in [0.2, 0.25) is 0 Å². The molecular formula is C20H24FN3O3. The second-order valence-corrected chi connectivity index (χ2v) is 6.29. The third-order valence-electron chi connectivity index (χ3n) is 4.31. The standard InChI is InChI=1S/C20H24FN3O3/c1-4-13(3)24-11-16(19(26)22-5-2)18(25)17(12-24)20(27)23-10-14-7-6-8-15(21)9-14/h6-9,11-13H,4-5,10H2,1-3H3,(H,22,26)(H,23,27)/t13-/m1/s1. The molecule has 1 atom stereocenters. The number of halogens is 1. The fraction of sp³-hybridized carbons (Fsp3) is 0.350. The van der Waals surface area contributed by atoms with Gasteiger partial charge in [0.2, 0.25) is 5.43 Å². The van der Waals surface area contributed by atoms with Crippen LogP contribution in [0.4, 0.5) is 4.39 Å². The van der Waals surface area contributed by atoms with Crippen molar-refractivity contribution in [2.24, 2.45) is 0 Å². The molecule has 0 saturated heterocycles. The Morgan fingerprint density at radius 3 is 2.30 bits per heavy atom. The van der Waals surface area contributed by atoms with E-state index in [4.69, 9.17) is 0 Å². The molecule has 6 nitrogen and oxygen atoms in total. The summed E-state index contributed by atoms with van der Waals surface area (Å²) in [6, 6.07) is 5.84. The molecule has 2 rings (SSSR count). The topological polar surface area (TPSA) is 80.2 Å². The maximum atomic E-state index is 13.3. The first-order valence-corrected chi connectivity index (χ1v) is 8.94. The minimum absolute atomic E-state index is 0.00791. The minimum atomic E-state index is -0.628. The van der Waals surface area contributed by atoms with Crippen LogP contribution >= 0.6 is 0 Å². The number of amides is 2. The van der Waals surface area contributed by atoms with E-state index in [0.29, 0.717) is 12.1 Å². The van der Waals surface area contributed by atoms with Gasteiger partial charge in [-0.3, -0.25) is 14.4 Å². The van der Waals surface area contributed by atoms with E-state index in [9.17, 15) is 18.8 Å². The van der Waals surface area contributed by atoms with Gasteiger partial charge < -0.3 is 15.2 Å². The summed E-state index contributed by atoms with van der Waals surface area (Å²) >= 11 is 0. The second kappa shape index (κ2) is 9.12. The van der Waals surface area contributed by atoms with Gasteiger partial charge in [0, 0.05) is 31.5 Å². The Balaban J connectivity index is 2.35. The smallest absolute Gasteiger partial charge is 0.257 e. The Hall–Kier alpha value is -2.96. The molecule has 0 fully saturated rings. The van der Waals surface area contributed by atoms with Gasteiger partial charge in [0.15, 0.2) is 0 Å². The van der Waals surface area contributed by atoms with Gasteiger partial charge >= 0.3 is 0 Å². The zero-order chi connectivity index (χ0) is 20.0. The Labute approximate surface area is 157 Å². The van der Waals surface area contributed by atoms with E-state index in [1.54, 1.807) is 23.6 Å². The number of nitrogens with one attached hydrogen (secondary N) is 2. The van der Waals surface area contributed by atoms with Crippen molar-refractivity contribution in [1.82, 2.24) is 15.2 Å². The molecule has 0 spiro atoms. The average Bonchev–Trinajstić information content (AvgIpc) is 2.65. The van der Waals surface area contributed by atoms with Gasteiger partial charge in [-0.15, -0.1) is 0 Å². The highest BCUT2D eigenvalue weighted by atomic mass is 19.1. The molecule has 2 amide bonds. The minimum Gasteiger partial charge on any atom is -0.352 e. The van der Waals surface area contributed by atoms with Crippen LogP contribution < -0.4 is 16.1 Å². The average molecular weight is 373 g/mol. The number of carbonyl (C=O) groups is 2. The maximum absolute atomic E-state index is 13.3. The fourth-order valence-electron chi connectivity index (χ4n) is 2.57. The van der Waals surface area contributed by atoms with Crippen molar-refractivity contribution >= 4 is 11.8 Å². The molecule has 0 aliphatic rings. The Morgan fingerprint density at radius 2 is 1.74 bits per heavy atom. The number of pyridine rings is 1. The van der Waals surface area contributed by atoms with Crippen molar-refractivity contribution in [3.05, 3.63) is 69.4 Å². The molecule has 1 aromatic carbocycles. The van der Waals surface area contributed by atoms with Gasteiger partial charge in [0.1, 0.15) is 16.9 Å². The van der Waals surface area contributed by atoms with Gasteiger partial charge in [0.25, 0.3) is 11.8 Å². The summed E-state index contributed by atoms with van der Waals surface area (Å²) in [4.78, 5) is 37.5. The summed E-state index contributed by atoms with van der Waals surface area (Å²) in [5.41, 5.74) is -0.242. The van der Waals surface area contributed by atoms with Crippen LogP contribution in [-0.4, -0.2) is 22.9 Å². The van der Waals surface area contributed by atoms with Gasteiger partial charge in [0.05, 0.1) is 0 Å². The van der Waals surface area contributed by atoms with Crippen LogP contribution in [0.15, 0.2) is 41.5 Å². The number of nitrogens with zero attached hydrogens (tertiary/aromatic N) is 1. The highest BCUT2D eigenvalue weighted by Gasteiger charge is 2.20. The Kier molecular flexibility index (Phi) is 6.87. The van der Waals surface area contributed by atoms with Crippen LogP contribution in [0, 0.1) is 5.82 Å². The predicted molar refractivity (Wildman–Crippen MR) is 101 cm³/mol. The van der Waals surface area contributed by atoms with Crippen molar-refractivity contribution < 1.29 is 14.0 Å². The lowest BCUT2D eigenvalue weighted by Crippen LogP contribution is -2.35. The van der Waals surface area contributed by atoms with Crippen LogP contribution in [0.1, 0.15) is 59.5 Å². The van der Waals surface area contributed by atoms with Gasteiger partial charge in [-0.05, 0) is 38.0 Å². The Bertz CT molecular complexity index is 892. The van der Waals surface area contributed by atoms with Gasteiger partial charge in [-0.1, -0.05) is 19.1 Å². The van der Waals surface area contributed by atoms with Crippen molar-refractivity contribution in [2.45, 2.75) is 39.8 Å². The molecule has 0 bridgehead atoms. The number of hydrogen-bond acceptors (Lipinski definition) is 3. The summed E-state index contributed by atoms with van der Waals surface area (Å²) in [6.45, 7) is 6.10. The van der Waals surface area contributed by atoms with Gasteiger partial charge in [-0.25, -0.2) is 4.39 Å². The quantitative estimate of drug-likeness (QED) is 0.783. The molecule has 1 heterocycles. The van der Waals surface area contributed by atoms with E-state index in [2.05, 4.69) is 10.6 Å². The van der Waals surface area contributed by atoms with E-state index < -0.39 is 23.1 Å². The van der Waals surface area contributed by atoms with Crippen LogP contribution in [0.5, 0.6) is 0 Å². The highest BCUT2D eigenvalue weighted by molar-refractivity contribution is 5.99. The highest BCUT2D eigenvalue weighted by Crippen LogP contribution is 2.12. The third-order valence-corrected chi connectivity index (χ3v) is 4.31. The largest absolute Gasteiger partial charge is 0.352 e. The zero-order valence-corrected chi connectivity index (χ0v) is 15.7. The summed E-state index contributed by atoms with van der Waals surface area (Å²) < 4.78 is 15.0. The number of hydrogen-bond donors (Lipinski definition) is 2. The lowest BCUT2D eigenvalue weighted by atomic mass is 10.1. The van der Waals surface area contributed by atoms with E-state index in [1.807, 2.05) is 13.8 Å². The summed E-state index contributed by atoms with van der Waals surface area (Å²) in [5, 5.41) is 5.21. The summed E-state index contributed by atoms with van der Waals surface area (Å²) in [6.07, 6.45) is 3.70. The number of benzene rings is 1. The molecule has 0 radical (unpaired) electrons. The zero-order valence-electron chi connectivity index (χ0n) is 15.7. The van der Waals surface area contributed by atoms with E-state index in [1.165, 1.54) is 24.5 Å². The lowest BCUT2D eigenvalue weighted by Gasteiger charge is -2.17. The summed E-state index contributed by atoms with van der Waals surface area (Å²) in [7, 11) is 0. The van der Waals surface area contributed by atoms with Crippen molar-refractivity contribution in [3.8, 4) is 0 Å². The van der Waals surface area contributed by atoms with E-state index in [-0.39, 0.29) is 23.7 Å². The Morgan fingerprint density at radius 1 is 1.11 bits per heavy atom. The number of aromatic nitrogens is 1. The predicted octanol–water partition coefficient (Wildman–Crippen LogP) is 2.64. The number of rotatable bonds is 7. The summed E-state index contributed by atoms with van der Waals surface area (Å²) in [5.74, 6) is -1.52. The first-order chi connectivity index (χ1) is 12.9.